The summed E-state index contributed by atoms with van der Waals surface area (Å²) in [5.41, 5.74) is 4.34. The molecule has 1 amide bonds. The van der Waals surface area contributed by atoms with Gasteiger partial charge in [-0.15, -0.1) is 0 Å². The number of carbonyl (C=O) groups is 1. The van der Waals surface area contributed by atoms with Crippen molar-refractivity contribution >= 4 is 11.6 Å². The molecule has 0 unspecified atom stereocenters. The van der Waals surface area contributed by atoms with Gasteiger partial charge in [0.05, 0.1) is 7.11 Å². The van der Waals surface area contributed by atoms with Gasteiger partial charge in [0.1, 0.15) is 5.75 Å². The Morgan fingerprint density at radius 2 is 1.50 bits per heavy atom. The second-order valence-electron chi connectivity index (χ2n) is 10.4. The zero-order chi connectivity index (χ0) is 24.9. The van der Waals surface area contributed by atoms with Crippen LogP contribution in [-0.2, 0) is 0 Å². The smallest absolute Gasteiger partial charge is 0.258 e. The predicted molar refractivity (Wildman–Crippen MR) is 147 cm³/mol. The molecule has 1 saturated carbocycles. The third kappa shape index (κ3) is 5.34. The summed E-state index contributed by atoms with van der Waals surface area (Å²) in [5, 5.41) is 0. The second kappa shape index (κ2) is 11.3. The van der Waals surface area contributed by atoms with Gasteiger partial charge in [0.25, 0.3) is 5.91 Å². The number of carbonyl (C=O) groups excluding carboxylic acids is 1. The number of amides is 1. The van der Waals surface area contributed by atoms with E-state index < -0.39 is 0 Å². The van der Waals surface area contributed by atoms with E-state index in [2.05, 4.69) is 42.2 Å². The minimum Gasteiger partial charge on any atom is -0.497 e. The molecule has 4 heteroatoms. The van der Waals surface area contributed by atoms with E-state index in [0.29, 0.717) is 12.0 Å². The van der Waals surface area contributed by atoms with E-state index in [1.807, 2.05) is 53.4 Å². The van der Waals surface area contributed by atoms with Crippen LogP contribution < -0.4 is 9.64 Å². The van der Waals surface area contributed by atoms with Crippen LogP contribution >= 0.6 is 0 Å². The Balaban J connectivity index is 1.35. The number of likely N-dealkylation sites (tertiary alicyclic amines) is 1. The summed E-state index contributed by atoms with van der Waals surface area (Å²) in [6.07, 6.45) is 7.16. The number of aryl methyl sites for hydroxylation is 1. The fourth-order valence-electron chi connectivity index (χ4n) is 6.19. The van der Waals surface area contributed by atoms with Crippen LogP contribution in [0.1, 0.15) is 65.9 Å². The first-order valence-electron chi connectivity index (χ1n) is 13.5. The molecule has 0 N–H and O–H groups in total. The van der Waals surface area contributed by atoms with Crippen molar-refractivity contribution in [2.45, 2.75) is 63.5 Å². The zero-order valence-corrected chi connectivity index (χ0v) is 21.6. The van der Waals surface area contributed by atoms with E-state index in [4.69, 9.17) is 4.74 Å². The number of nitrogens with zero attached hydrogens (tertiary/aromatic N) is 2. The maximum absolute atomic E-state index is 13.8. The lowest BCUT2D eigenvalue weighted by atomic mass is 9.78. The highest BCUT2D eigenvalue weighted by Gasteiger charge is 2.36. The maximum Gasteiger partial charge on any atom is 0.258 e. The van der Waals surface area contributed by atoms with Crippen molar-refractivity contribution in [3.63, 3.8) is 0 Å². The minimum atomic E-state index is 0.0819. The highest BCUT2D eigenvalue weighted by Crippen LogP contribution is 2.38. The average molecular weight is 483 g/mol. The summed E-state index contributed by atoms with van der Waals surface area (Å²) in [7, 11) is 1.67. The number of anilines is 1. The number of rotatable bonds is 6. The van der Waals surface area contributed by atoms with Gasteiger partial charge in [-0.25, -0.2) is 0 Å². The molecule has 1 aliphatic carbocycles. The maximum atomic E-state index is 13.8. The Morgan fingerprint density at radius 1 is 0.833 bits per heavy atom. The second-order valence-corrected chi connectivity index (χ2v) is 10.4. The normalized spacial score (nSPS) is 21.2. The molecular formula is C32H38N2O2. The first-order chi connectivity index (χ1) is 17.6. The van der Waals surface area contributed by atoms with E-state index in [1.165, 1.54) is 31.2 Å². The van der Waals surface area contributed by atoms with Gasteiger partial charge < -0.3 is 9.64 Å². The third-order valence-corrected chi connectivity index (χ3v) is 8.16. The monoisotopic (exact) mass is 482 g/mol. The molecular weight excluding hydrogens is 444 g/mol. The van der Waals surface area contributed by atoms with Crippen molar-refractivity contribution in [1.29, 1.82) is 0 Å². The third-order valence-electron chi connectivity index (χ3n) is 8.16. The van der Waals surface area contributed by atoms with Gasteiger partial charge >= 0.3 is 0 Å². The van der Waals surface area contributed by atoms with Gasteiger partial charge in [-0.1, -0.05) is 60.9 Å². The quantitative estimate of drug-likeness (QED) is 0.386. The lowest BCUT2D eigenvalue weighted by Gasteiger charge is -2.45. The lowest BCUT2D eigenvalue weighted by molar-refractivity contribution is 0.0895. The van der Waals surface area contributed by atoms with E-state index in [-0.39, 0.29) is 11.9 Å². The molecule has 5 rings (SSSR count). The van der Waals surface area contributed by atoms with Gasteiger partial charge in [-0.05, 0) is 80.5 Å². The van der Waals surface area contributed by atoms with Crippen LogP contribution in [0.3, 0.4) is 0 Å². The topological polar surface area (TPSA) is 32.8 Å². The molecule has 1 heterocycles. The molecule has 2 aliphatic rings. The molecule has 0 bridgehead atoms. The van der Waals surface area contributed by atoms with Crippen LogP contribution in [-0.4, -0.2) is 43.1 Å². The zero-order valence-electron chi connectivity index (χ0n) is 21.6. The Morgan fingerprint density at radius 3 is 2.17 bits per heavy atom. The van der Waals surface area contributed by atoms with Crippen molar-refractivity contribution in [3.05, 3.63) is 95.6 Å². The van der Waals surface area contributed by atoms with Gasteiger partial charge in [0.2, 0.25) is 0 Å². The van der Waals surface area contributed by atoms with Crippen LogP contribution in [0.25, 0.3) is 0 Å². The standard InChI is InChI=1S/C32H38N2O2/c1-24-12-14-26(15-13-24)32(35)34(27-16-18-29(36-2)19-17-27)28-20-22-33(23-21-28)31-11-7-6-10-30(31)25-8-4-3-5-9-25/h3-5,8-9,12-19,28,30-31H,6-7,10-11,20-23H2,1-2H3/t30-,31-/m1/s1. The first kappa shape index (κ1) is 24.6. The summed E-state index contributed by atoms with van der Waals surface area (Å²) < 4.78 is 5.37. The number of hydrogen-bond acceptors (Lipinski definition) is 3. The van der Waals surface area contributed by atoms with E-state index in [9.17, 15) is 4.79 Å². The summed E-state index contributed by atoms with van der Waals surface area (Å²) in [6, 6.07) is 27.8. The Kier molecular flexibility index (Phi) is 7.72. The number of ether oxygens (including phenoxy) is 1. The highest BCUT2D eigenvalue weighted by molar-refractivity contribution is 6.06. The van der Waals surface area contributed by atoms with E-state index >= 15 is 0 Å². The van der Waals surface area contributed by atoms with Gasteiger partial charge in [-0.2, -0.15) is 0 Å². The van der Waals surface area contributed by atoms with Crippen molar-refractivity contribution in [2.24, 2.45) is 0 Å². The largest absolute Gasteiger partial charge is 0.497 e. The summed E-state index contributed by atoms with van der Waals surface area (Å²) in [4.78, 5) is 18.6. The van der Waals surface area contributed by atoms with Gasteiger partial charge in [-0.3, -0.25) is 9.69 Å². The predicted octanol–water partition coefficient (Wildman–Crippen LogP) is 6.84. The molecule has 4 nitrogen and oxygen atoms in total. The van der Waals surface area contributed by atoms with Crippen molar-refractivity contribution in [3.8, 4) is 5.75 Å². The highest BCUT2D eigenvalue weighted by atomic mass is 16.5. The molecule has 3 aromatic rings. The molecule has 0 spiro atoms. The Bertz CT molecular complexity index is 1120. The first-order valence-corrected chi connectivity index (χ1v) is 13.5. The fraction of sp³-hybridized carbons (Fsp3) is 0.406. The molecule has 36 heavy (non-hydrogen) atoms. The number of methoxy groups -OCH3 is 1. The number of hydrogen-bond donors (Lipinski definition) is 0. The van der Waals surface area contributed by atoms with E-state index in [1.54, 1.807) is 7.11 Å². The van der Waals surface area contributed by atoms with Crippen LogP contribution in [0.4, 0.5) is 5.69 Å². The molecule has 2 atom stereocenters. The summed E-state index contributed by atoms with van der Waals surface area (Å²) in [5.74, 6) is 1.50. The Labute approximate surface area is 215 Å². The SMILES string of the molecule is COc1ccc(N(C(=O)c2ccc(C)cc2)C2CCN([C@@H]3CCCC[C@@H]3c3ccccc3)CC2)cc1. The van der Waals surface area contributed by atoms with Gasteiger partial charge in [0, 0.05) is 36.4 Å². The minimum absolute atomic E-state index is 0.0819. The lowest BCUT2D eigenvalue weighted by Crippen LogP contribution is -2.51. The summed E-state index contributed by atoms with van der Waals surface area (Å²) >= 11 is 0. The summed E-state index contributed by atoms with van der Waals surface area (Å²) in [6.45, 7) is 4.12. The van der Waals surface area contributed by atoms with E-state index in [0.717, 1.165) is 48.5 Å². The van der Waals surface area contributed by atoms with Crippen LogP contribution in [0.5, 0.6) is 5.75 Å². The van der Waals surface area contributed by atoms with Crippen molar-refractivity contribution in [1.82, 2.24) is 4.90 Å². The fourth-order valence-corrected chi connectivity index (χ4v) is 6.19. The number of benzene rings is 3. The van der Waals surface area contributed by atoms with Crippen LogP contribution in [0.15, 0.2) is 78.9 Å². The van der Waals surface area contributed by atoms with Crippen molar-refractivity contribution < 1.29 is 9.53 Å². The molecule has 0 radical (unpaired) electrons. The Hall–Kier alpha value is -3.11. The number of piperidine rings is 1. The molecule has 188 valence electrons. The molecule has 0 aromatic heterocycles. The van der Waals surface area contributed by atoms with Crippen LogP contribution in [0, 0.1) is 6.92 Å². The van der Waals surface area contributed by atoms with Crippen LogP contribution in [0.2, 0.25) is 0 Å². The van der Waals surface area contributed by atoms with Gasteiger partial charge in [0.15, 0.2) is 0 Å². The van der Waals surface area contributed by atoms with Crippen molar-refractivity contribution in [2.75, 3.05) is 25.1 Å². The molecule has 2 fully saturated rings. The molecule has 1 aliphatic heterocycles. The molecule has 3 aromatic carbocycles. The average Bonchev–Trinajstić information content (AvgIpc) is 2.95. The molecule has 1 saturated heterocycles.